The number of anilines is 1. The van der Waals surface area contributed by atoms with Gasteiger partial charge in [0, 0.05) is 30.4 Å². The summed E-state index contributed by atoms with van der Waals surface area (Å²) in [4.78, 5) is 14.0. The number of nitrogen functional groups attached to an aromatic ring is 1. The van der Waals surface area contributed by atoms with Crippen molar-refractivity contribution in [1.82, 2.24) is 10.2 Å². The summed E-state index contributed by atoms with van der Waals surface area (Å²) in [7, 11) is 3.56. The molecule has 0 bridgehead atoms. The first-order chi connectivity index (χ1) is 8.56. The first-order valence-electron chi connectivity index (χ1n) is 5.98. The molecule has 1 aromatic carbocycles. The van der Waals surface area contributed by atoms with E-state index < -0.39 is 0 Å². The van der Waals surface area contributed by atoms with E-state index in [1.54, 1.807) is 25.3 Å². The molecule has 0 aliphatic rings. The van der Waals surface area contributed by atoms with Crippen LogP contribution in [-0.4, -0.2) is 44.6 Å². The molecule has 0 aliphatic heterocycles. The number of methoxy groups -OCH3 is 1. The van der Waals surface area contributed by atoms with Crippen molar-refractivity contribution in [1.29, 1.82) is 0 Å². The molecule has 0 unspecified atom stereocenters. The van der Waals surface area contributed by atoms with E-state index in [0.29, 0.717) is 23.5 Å². The van der Waals surface area contributed by atoms with Crippen LogP contribution in [0.1, 0.15) is 17.3 Å². The Morgan fingerprint density at radius 3 is 2.78 bits per heavy atom. The summed E-state index contributed by atoms with van der Waals surface area (Å²) in [5, 5.41) is 2.85. The number of nitrogens with zero attached hydrogens (tertiary/aromatic N) is 1. The Morgan fingerprint density at radius 2 is 2.17 bits per heavy atom. The minimum atomic E-state index is -0.134. The van der Waals surface area contributed by atoms with Gasteiger partial charge in [-0.3, -0.25) is 4.79 Å². The first-order valence-corrected chi connectivity index (χ1v) is 5.98. The van der Waals surface area contributed by atoms with Crippen molar-refractivity contribution in [3.8, 4) is 5.75 Å². The topological polar surface area (TPSA) is 67.6 Å². The molecule has 100 valence electrons. The standard InChI is InChI=1S/C13H21N3O2/c1-4-16(2)6-5-15-13(17)10-7-11(14)9-12(8-10)18-3/h7-9H,4-6,14H2,1-3H3,(H,15,17). The van der Waals surface area contributed by atoms with E-state index in [9.17, 15) is 4.79 Å². The highest BCUT2D eigenvalue weighted by Gasteiger charge is 2.08. The second kappa shape index (κ2) is 6.86. The van der Waals surface area contributed by atoms with Crippen LogP contribution in [0.2, 0.25) is 0 Å². The summed E-state index contributed by atoms with van der Waals surface area (Å²) in [5.41, 5.74) is 6.74. The monoisotopic (exact) mass is 251 g/mol. The van der Waals surface area contributed by atoms with Crippen LogP contribution in [0.3, 0.4) is 0 Å². The summed E-state index contributed by atoms with van der Waals surface area (Å²) in [6.45, 7) is 4.47. The van der Waals surface area contributed by atoms with Gasteiger partial charge in [0.25, 0.3) is 5.91 Å². The molecule has 0 aliphatic carbocycles. The molecule has 0 atom stereocenters. The molecular weight excluding hydrogens is 230 g/mol. The Balaban J connectivity index is 2.58. The maximum Gasteiger partial charge on any atom is 0.251 e. The number of carbonyl (C=O) groups excluding carboxylic acids is 1. The second-order valence-electron chi connectivity index (χ2n) is 4.15. The normalized spacial score (nSPS) is 10.4. The molecule has 3 N–H and O–H groups in total. The number of benzene rings is 1. The quantitative estimate of drug-likeness (QED) is 0.739. The number of carbonyl (C=O) groups is 1. The molecule has 0 radical (unpaired) electrons. The summed E-state index contributed by atoms with van der Waals surface area (Å²) < 4.78 is 5.08. The fraction of sp³-hybridized carbons (Fsp3) is 0.462. The molecule has 0 saturated heterocycles. The van der Waals surface area contributed by atoms with Crippen LogP contribution >= 0.6 is 0 Å². The summed E-state index contributed by atoms with van der Waals surface area (Å²) in [5.74, 6) is 0.455. The highest BCUT2D eigenvalue weighted by molar-refractivity contribution is 5.95. The number of ether oxygens (including phenoxy) is 1. The molecule has 5 nitrogen and oxygen atoms in total. The van der Waals surface area contributed by atoms with Gasteiger partial charge in [0.1, 0.15) is 5.75 Å². The van der Waals surface area contributed by atoms with Crippen molar-refractivity contribution in [2.24, 2.45) is 0 Å². The van der Waals surface area contributed by atoms with Crippen LogP contribution < -0.4 is 15.8 Å². The Labute approximate surface area is 108 Å². The number of nitrogens with one attached hydrogen (secondary N) is 1. The second-order valence-corrected chi connectivity index (χ2v) is 4.15. The van der Waals surface area contributed by atoms with Crippen molar-refractivity contribution < 1.29 is 9.53 Å². The predicted octanol–water partition coefficient (Wildman–Crippen LogP) is 0.959. The maximum absolute atomic E-state index is 11.9. The van der Waals surface area contributed by atoms with E-state index in [1.807, 2.05) is 7.05 Å². The predicted molar refractivity (Wildman–Crippen MR) is 72.9 cm³/mol. The summed E-state index contributed by atoms with van der Waals surface area (Å²) in [6, 6.07) is 5.00. The highest BCUT2D eigenvalue weighted by Crippen LogP contribution is 2.18. The Hall–Kier alpha value is -1.75. The van der Waals surface area contributed by atoms with E-state index in [-0.39, 0.29) is 5.91 Å². The average Bonchev–Trinajstić information content (AvgIpc) is 2.37. The smallest absolute Gasteiger partial charge is 0.251 e. The lowest BCUT2D eigenvalue weighted by Crippen LogP contribution is -2.32. The van der Waals surface area contributed by atoms with Gasteiger partial charge in [-0.05, 0) is 25.7 Å². The minimum absolute atomic E-state index is 0.134. The van der Waals surface area contributed by atoms with Gasteiger partial charge in [-0.25, -0.2) is 0 Å². The molecule has 0 aromatic heterocycles. The largest absolute Gasteiger partial charge is 0.497 e. The molecule has 1 rings (SSSR count). The van der Waals surface area contributed by atoms with E-state index in [1.165, 1.54) is 0 Å². The van der Waals surface area contributed by atoms with Crippen molar-refractivity contribution in [3.05, 3.63) is 23.8 Å². The Bertz CT molecular complexity index is 407. The summed E-state index contributed by atoms with van der Waals surface area (Å²) >= 11 is 0. The van der Waals surface area contributed by atoms with Crippen molar-refractivity contribution >= 4 is 11.6 Å². The minimum Gasteiger partial charge on any atom is -0.497 e. The lowest BCUT2D eigenvalue weighted by atomic mass is 10.1. The van der Waals surface area contributed by atoms with Gasteiger partial charge in [0.2, 0.25) is 0 Å². The zero-order valence-corrected chi connectivity index (χ0v) is 11.2. The summed E-state index contributed by atoms with van der Waals surface area (Å²) in [6.07, 6.45) is 0. The number of amides is 1. The molecular formula is C13H21N3O2. The van der Waals surface area contributed by atoms with Crippen molar-refractivity contribution in [2.75, 3.05) is 39.5 Å². The third-order valence-electron chi connectivity index (χ3n) is 2.75. The van der Waals surface area contributed by atoms with Gasteiger partial charge in [-0.1, -0.05) is 6.92 Å². The van der Waals surface area contributed by atoms with Crippen LogP contribution in [0, 0.1) is 0 Å². The Morgan fingerprint density at radius 1 is 1.44 bits per heavy atom. The molecule has 0 fully saturated rings. The fourth-order valence-corrected chi connectivity index (χ4v) is 1.49. The zero-order chi connectivity index (χ0) is 13.5. The molecule has 18 heavy (non-hydrogen) atoms. The van der Waals surface area contributed by atoms with Gasteiger partial charge in [-0.15, -0.1) is 0 Å². The highest BCUT2D eigenvalue weighted by atomic mass is 16.5. The van der Waals surface area contributed by atoms with E-state index >= 15 is 0 Å². The SMILES string of the molecule is CCN(C)CCNC(=O)c1cc(N)cc(OC)c1. The third-order valence-corrected chi connectivity index (χ3v) is 2.75. The average molecular weight is 251 g/mol. The number of hydrogen-bond donors (Lipinski definition) is 2. The third kappa shape index (κ3) is 4.25. The molecule has 1 amide bonds. The van der Waals surface area contributed by atoms with E-state index in [0.717, 1.165) is 13.1 Å². The van der Waals surface area contributed by atoms with Gasteiger partial charge < -0.3 is 20.7 Å². The first kappa shape index (κ1) is 14.3. The van der Waals surface area contributed by atoms with Gasteiger partial charge in [-0.2, -0.15) is 0 Å². The van der Waals surface area contributed by atoms with Gasteiger partial charge in [0.05, 0.1) is 7.11 Å². The van der Waals surface area contributed by atoms with Gasteiger partial charge in [0.15, 0.2) is 0 Å². The maximum atomic E-state index is 11.9. The van der Waals surface area contributed by atoms with E-state index in [2.05, 4.69) is 17.1 Å². The number of rotatable bonds is 6. The van der Waals surface area contributed by atoms with Crippen LogP contribution in [0.4, 0.5) is 5.69 Å². The van der Waals surface area contributed by atoms with Crippen LogP contribution in [0.5, 0.6) is 5.75 Å². The number of likely N-dealkylation sites (N-methyl/N-ethyl adjacent to an activating group) is 1. The molecule has 1 aromatic rings. The Kier molecular flexibility index (Phi) is 5.45. The van der Waals surface area contributed by atoms with Crippen LogP contribution in [0.25, 0.3) is 0 Å². The molecule has 5 heteroatoms. The number of hydrogen-bond acceptors (Lipinski definition) is 4. The van der Waals surface area contributed by atoms with E-state index in [4.69, 9.17) is 10.5 Å². The molecule has 0 saturated carbocycles. The number of nitrogens with two attached hydrogens (primary N) is 1. The molecule has 0 spiro atoms. The van der Waals surface area contributed by atoms with Crippen molar-refractivity contribution in [3.63, 3.8) is 0 Å². The van der Waals surface area contributed by atoms with Crippen LogP contribution in [-0.2, 0) is 0 Å². The fourth-order valence-electron chi connectivity index (χ4n) is 1.49. The van der Waals surface area contributed by atoms with Crippen LogP contribution in [0.15, 0.2) is 18.2 Å². The lowest BCUT2D eigenvalue weighted by molar-refractivity contribution is 0.0950. The zero-order valence-electron chi connectivity index (χ0n) is 11.2. The molecule has 0 heterocycles. The van der Waals surface area contributed by atoms with Crippen molar-refractivity contribution in [2.45, 2.75) is 6.92 Å². The lowest BCUT2D eigenvalue weighted by Gasteiger charge is -2.14. The van der Waals surface area contributed by atoms with Gasteiger partial charge >= 0.3 is 0 Å².